The molecule has 0 aliphatic carbocycles. The third-order valence-electron chi connectivity index (χ3n) is 8.01. The fraction of sp³-hybridized carbons (Fsp3) is 0.550. The number of halogens is 3. The number of hydrogen-bond acceptors (Lipinski definition) is 16. The highest BCUT2D eigenvalue weighted by atomic mass is 19.4. The lowest BCUT2D eigenvalue weighted by atomic mass is 10.1. The number of nitrogens with one attached hydrogen (secondary N) is 3. The quantitative estimate of drug-likeness (QED) is 0.0457. The molecule has 0 fully saturated rings. The van der Waals surface area contributed by atoms with Gasteiger partial charge in [-0.3, -0.25) is 29.1 Å². The Morgan fingerprint density at radius 3 is 1.95 bits per heavy atom. The number of rotatable bonds is 28. The summed E-state index contributed by atoms with van der Waals surface area (Å²) >= 11 is 0. The second-order valence-electron chi connectivity index (χ2n) is 14.2. The number of anilines is 2. The van der Waals surface area contributed by atoms with Crippen molar-refractivity contribution in [3.63, 3.8) is 0 Å². The van der Waals surface area contributed by atoms with E-state index in [0.29, 0.717) is 64.4 Å². The summed E-state index contributed by atoms with van der Waals surface area (Å²) in [6, 6.07) is 3.17. The number of nitrogen functional groups attached to an aromatic ring is 1. The molecule has 20 nitrogen and oxygen atoms in total. The first-order chi connectivity index (χ1) is 30.0. The zero-order chi connectivity index (χ0) is 46.3. The molecule has 3 aromatic rings. The van der Waals surface area contributed by atoms with Crippen molar-refractivity contribution in [2.24, 2.45) is 0 Å². The topological polar surface area (TPSA) is 258 Å². The number of H-pyrrole nitrogens is 1. The van der Waals surface area contributed by atoms with Crippen LogP contribution in [0.3, 0.4) is 0 Å². The first kappa shape index (κ1) is 51.6. The molecule has 1 atom stereocenters. The third kappa shape index (κ3) is 19.9. The molecule has 0 aliphatic heterocycles. The van der Waals surface area contributed by atoms with Crippen LogP contribution in [-0.4, -0.2) is 147 Å². The number of fused-ring (bicyclic) bond motifs is 1. The summed E-state index contributed by atoms with van der Waals surface area (Å²) in [7, 11) is 0. The number of hydrogen-bond donors (Lipinski definition) is 4. The SMILES string of the molecule is C#CCOCCOCCOCCOCCOCCOCCNC(=O)CCC(NC(=O)c1ccc(N(Cc2cnc3nc(N)[nH]c(=O)c3n2)C(=O)C(F)(F)F)cc1)C(=O)OC(C)(C)C. The smallest absolute Gasteiger partial charge is 0.458 e. The van der Waals surface area contributed by atoms with E-state index in [1.54, 1.807) is 20.8 Å². The van der Waals surface area contributed by atoms with Crippen molar-refractivity contribution in [3.05, 3.63) is 52.1 Å². The van der Waals surface area contributed by atoms with Gasteiger partial charge in [0.25, 0.3) is 11.5 Å². The van der Waals surface area contributed by atoms with E-state index >= 15 is 0 Å². The van der Waals surface area contributed by atoms with Gasteiger partial charge in [0, 0.05) is 24.2 Å². The Labute approximate surface area is 361 Å². The van der Waals surface area contributed by atoms with Crippen molar-refractivity contribution in [3.8, 4) is 12.3 Å². The van der Waals surface area contributed by atoms with E-state index in [-0.39, 0.29) is 73.3 Å². The van der Waals surface area contributed by atoms with Crippen molar-refractivity contribution >= 4 is 46.5 Å². The van der Waals surface area contributed by atoms with Crippen molar-refractivity contribution in [1.82, 2.24) is 30.6 Å². The number of ether oxygens (including phenoxy) is 7. The van der Waals surface area contributed by atoms with E-state index in [1.807, 2.05) is 0 Å². The predicted octanol–water partition coefficient (Wildman–Crippen LogP) is 1.46. The lowest BCUT2D eigenvalue weighted by Gasteiger charge is -2.25. The second kappa shape index (κ2) is 26.6. The molecule has 0 saturated carbocycles. The lowest BCUT2D eigenvalue weighted by molar-refractivity contribution is -0.170. The van der Waals surface area contributed by atoms with Crippen molar-refractivity contribution in [2.45, 2.75) is 58.0 Å². The Morgan fingerprint density at radius 2 is 1.41 bits per heavy atom. The van der Waals surface area contributed by atoms with Gasteiger partial charge in [-0.2, -0.15) is 18.2 Å². The second-order valence-corrected chi connectivity index (χ2v) is 14.2. The first-order valence-corrected chi connectivity index (χ1v) is 19.7. The molecule has 2 aromatic heterocycles. The van der Waals surface area contributed by atoms with Crippen LogP contribution in [0.1, 0.15) is 49.7 Å². The van der Waals surface area contributed by atoms with Gasteiger partial charge in [0.15, 0.2) is 11.2 Å². The zero-order valence-electron chi connectivity index (χ0n) is 35.3. The van der Waals surface area contributed by atoms with Gasteiger partial charge in [0.2, 0.25) is 11.9 Å². The molecule has 23 heteroatoms. The molecular formula is C40H53F3N8O12. The Bertz CT molecular complexity index is 2020. The van der Waals surface area contributed by atoms with E-state index in [2.05, 4.69) is 36.5 Å². The monoisotopic (exact) mass is 894 g/mol. The third-order valence-corrected chi connectivity index (χ3v) is 8.01. The van der Waals surface area contributed by atoms with Crippen LogP contribution in [-0.2, 0) is 54.1 Å². The van der Waals surface area contributed by atoms with Crippen LogP contribution in [0.25, 0.3) is 11.2 Å². The number of benzene rings is 1. The number of nitrogens with two attached hydrogens (primary N) is 1. The van der Waals surface area contributed by atoms with Crippen molar-refractivity contribution < 1.29 is 65.5 Å². The van der Waals surface area contributed by atoms with Crippen LogP contribution in [0.15, 0.2) is 35.3 Å². The minimum atomic E-state index is -5.31. The van der Waals surface area contributed by atoms with Crippen LogP contribution in [0.4, 0.5) is 24.8 Å². The Morgan fingerprint density at radius 1 is 0.857 bits per heavy atom. The van der Waals surface area contributed by atoms with Gasteiger partial charge in [-0.1, -0.05) is 5.92 Å². The lowest BCUT2D eigenvalue weighted by Crippen LogP contribution is -2.45. The summed E-state index contributed by atoms with van der Waals surface area (Å²) in [6.45, 7) is 8.54. The molecule has 3 rings (SSSR count). The van der Waals surface area contributed by atoms with Gasteiger partial charge in [-0.15, -0.1) is 6.42 Å². The summed E-state index contributed by atoms with van der Waals surface area (Å²) < 4.78 is 78.7. The molecule has 0 bridgehead atoms. The minimum absolute atomic E-state index is 0.0896. The molecule has 0 spiro atoms. The van der Waals surface area contributed by atoms with E-state index in [1.165, 1.54) is 0 Å². The highest BCUT2D eigenvalue weighted by Crippen LogP contribution is 2.26. The summed E-state index contributed by atoms with van der Waals surface area (Å²) in [5, 5.41) is 5.19. The van der Waals surface area contributed by atoms with Crippen molar-refractivity contribution in [2.75, 3.05) is 96.5 Å². The minimum Gasteiger partial charge on any atom is -0.458 e. The molecule has 63 heavy (non-hydrogen) atoms. The van der Waals surface area contributed by atoms with Crippen LogP contribution in [0.2, 0.25) is 0 Å². The van der Waals surface area contributed by atoms with Crippen molar-refractivity contribution in [1.29, 1.82) is 0 Å². The molecular weight excluding hydrogens is 841 g/mol. The van der Waals surface area contributed by atoms with Gasteiger partial charge >= 0.3 is 18.1 Å². The number of esters is 1. The predicted molar refractivity (Wildman–Crippen MR) is 219 cm³/mol. The molecule has 1 unspecified atom stereocenters. The molecule has 0 radical (unpaired) electrons. The van der Waals surface area contributed by atoms with E-state index in [4.69, 9.17) is 45.3 Å². The van der Waals surface area contributed by atoms with Gasteiger partial charge in [-0.25, -0.2) is 14.8 Å². The summed E-state index contributed by atoms with van der Waals surface area (Å²) in [5.74, 6) is -2.21. The maximum Gasteiger partial charge on any atom is 0.471 e. The molecule has 2 heterocycles. The summed E-state index contributed by atoms with van der Waals surface area (Å²) in [4.78, 5) is 78.1. The first-order valence-electron chi connectivity index (χ1n) is 19.7. The molecule has 0 aliphatic rings. The average Bonchev–Trinajstić information content (AvgIpc) is 3.22. The molecule has 5 N–H and O–H groups in total. The largest absolute Gasteiger partial charge is 0.471 e. The number of terminal acetylenes is 1. The highest BCUT2D eigenvalue weighted by molar-refractivity contribution is 5.99. The number of amides is 3. The van der Waals surface area contributed by atoms with E-state index in [0.717, 1.165) is 30.5 Å². The van der Waals surface area contributed by atoms with Crippen LogP contribution >= 0.6 is 0 Å². The summed E-state index contributed by atoms with van der Waals surface area (Å²) in [5.41, 5.74) is 2.75. The Kier molecular flexibility index (Phi) is 21.8. The standard InChI is InChI=1S/C40H53F3N8O12/c1-5-13-57-15-17-59-19-21-61-23-24-62-22-20-60-18-16-58-14-12-45-31(52)11-10-30(36(55)63-39(2,3)4)48-34(53)27-6-8-29(9-7-27)51(37(56)40(41,42)43)26-28-25-46-33-32(47-28)35(54)50-38(44)49-33/h1,6-9,25,30H,10-24,26H2,2-4H3,(H,45,52)(H,48,53)(H3,44,46,49,50,54). The van der Waals surface area contributed by atoms with Crippen LogP contribution in [0, 0.1) is 12.3 Å². The van der Waals surface area contributed by atoms with Gasteiger partial charge in [0.05, 0.1) is 91.1 Å². The van der Waals surface area contributed by atoms with E-state index < -0.39 is 53.6 Å². The molecule has 1 aromatic carbocycles. The highest BCUT2D eigenvalue weighted by Gasteiger charge is 2.43. The maximum absolute atomic E-state index is 13.7. The zero-order valence-corrected chi connectivity index (χ0v) is 35.3. The normalized spacial score (nSPS) is 12.1. The Hall–Kier alpha value is -5.77. The maximum atomic E-state index is 13.7. The number of carbonyl (C=O) groups is 4. The Balaban J connectivity index is 1.43. The average molecular weight is 895 g/mol. The number of nitrogens with zero attached hydrogens (tertiary/aromatic N) is 4. The fourth-order valence-corrected chi connectivity index (χ4v) is 5.16. The number of aromatic nitrogens is 4. The molecule has 346 valence electrons. The number of alkyl halides is 3. The van der Waals surface area contributed by atoms with Crippen LogP contribution < -0.4 is 26.8 Å². The number of carbonyl (C=O) groups excluding carboxylic acids is 4. The molecule has 3 amide bonds. The number of aromatic amines is 1. The van der Waals surface area contributed by atoms with E-state index in [9.17, 15) is 37.1 Å². The van der Waals surface area contributed by atoms with Crippen LogP contribution in [0.5, 0.6) is 0 Å². The van der Waals surface area contributed by atoms with Gasteiger partial charge in [0.1, 0.15) is 18.2 Å². The summed E-state index contributed by atoms with van der Waals surface area (Å²) in [6.07, 6.45) is 0.470. The van der Waals surface area contributed by atoms with Gasteiger partial charge < -0.3 is 49.5 Å². The fourth-order valence-electron chi connectivity index (χ4n) is 5.16. The molecule has 0 saturated heterocycles. The van der Waals surface area contributed by atoms with Gasteiger partial charge in [-0.05, 0) is 51.5 Å².